The van der Waals surface area contributed by atoms with Crippen LogP contribution in [0.15, 0.2) is 24.3 Å². The topological polar surface area (TPSA) is 44.5 Å². The van der Waals surface area contributed by atoms with E-state index in [2.05, 4.69) is 20.8 Å². The molecule has 0 aliphatic heterocycles. The van der Waals surface area contributed by atoms with Crippen molar-refractivity contribution in [3.8, 4) is 5.75 Å². The minimum Gasteiger partial charge on any atom is -0.494 e. The van der Waals surface area contributed by atoms with Crippen molar-refractivity contribution in [2.24, 2.45) is 5.73 Å². The molecular formula is C16H27NO2. The molecule has 0 aliphatic rings. The van der Waals surface area contributed by atoms with E-state index < -0.39 is 0 Å². The first-order chi connectivity index (χ1) is 9.13. The molecule has 0 bridgehead atoms. The molecule has 0 radical (unpaired) electrons. The Hall–Kier alpha value is -1.06. The van der Waals surface area contributed by atoms with Crippen LogP contribution < -0.4 is 10.5 Å². The lowest BCUT2D eigenvalue weighted by Gasteiger charge is -2.36. The highest BCUT2D eigenvalue weighted by atomic mass is 16.5. The molecule has 0 aliphatic carbocycles. The summed E-state index contributed by atoms with van der Waals surface area (Å²) in [5.41, 5.74) is 7.20. The lowest BCUT2D eigenvalue weighted by molar-refractivity contribution is -0.0385. The van der Waals surface area contributed by atoms with Crippen LogP contribution in [0.25, 0.3) is 0 Å². The molecule has 0 saturated heterocycles. The first kappa shape index (κ1) is 16.0. The number of benzene rings is 1. The van der Waals surface area contributed by atoms with Crippen LogP contribution in [0.4, 0.5) is 0 Å². The summed E-state index contributed by atoms with van der Waals surface area (Å²) in [6.07, 6.45) is 2.81. The molecule has 2 N–H and O–H groups in total. The molecule has 19 heavy (non-hydrogen) atoms. The van der Waals surface area contributed by atoms with E-state index in [0.717, 1.165) is 37.2 Å². The van der Waals surface area contributed by atoms with Crippen LogP contribution in [0.5, 0.6) is 5.75 Å². The van der Waals surface area contributed by atoms with Gasteiger partial charge in [-0.15, -0.1) is 0 Å². The third-order valence-electron chi connectivity index (χ3n) is 3.88. The standard InChI is InChI=1S/C16H27NO2/c1-5-12-19-14-10-8-13(9-11-14)15(17)16(6-2,7-3)18-4/h8-11,15H,5-7,12,17H2,1-4H3. The molecule has 1 rings (SSSR count). The van der Waals surface area contributed by atoms with Crippen molar-refractivity contribution in [1.29, 1.82) is 0 Å². The highest BCUT2D eigenvalue weighted by molar-refractivity contribution is 5.30. The first-order valence-electron chi connectivity index (χ1n) is 7.17. The summed E-state index contributed by atoms with van der Waals surface area (Å²) in [6.45, 7) is 7.08. The molecule has 0 heterocycles. The van der Waals surface area contributed by atoms with Gasteiger partial charge in [-0.2, -0.15) is 0 Å². The van der Waals surface area contributed by atoms with Gasteiger partial charge in [-0.05, 0) is 37.0 Å². The van der Waals surface area contributed by atoms with Gasteiger partial charge in [0.2, 0.25) is 0 Å². The Morgan fingerprint density at radius 3 is 2.11 bits per heavy atom. The van der Waals surface area contributed by atoms with Gasteiger partial charge in [0, 0.05) is 7.11 Å². The van der Waals surface area contributed by atoms with Gasteiger partial charge in [0.15, 0.2) is 0 Å². The van der Waals surface area contributed by atoms with Crippen molar-refractivity contribution in [2.45, 2.75) is 51.7 Å². The van der Waals surface area contributed by atoms with Crippen molar-refractivity contribution in [3.63, 3.8) is 0 Å². The number of rotatable bonds is 8. The van der Waals surface area contributed by atoms with E-state index in [1.165, 1.54) is 0 Å². The average Bonchev–Trinajstić information content (AvgIpc) is 2.48. The molecule has 1 atom stereocenters. The molecule has 108 valence electrons. The van der Waals surface area contributed by atoms with E-state index in [9.17, 15) is 0 Å². The minimum absolute atomic E-state index is 0.118. The zero-order valence-electron chi connectivity index (χ0n) is 12.6. The zero-order chi connectivity index (χ0) is 14.3. The third kappa shape index (κ3) is 3.71. The molecule has 3 nitrogen and oxygen atoms in total. The maximum absolute atomic E-state index is 6.39. The lowest BCUT2D eigenvalue weighted by Crippen LogP contribution is -2.42. The Morgan fingerprint density at radius 1 is 1.11 bits per heavy atom. The van der Waals surface area contributed by atoms with E-state index in [-0.39, 0.29) is 11.6 Å². The van der Waals surface area contributed by atoms with E-state index in [1.54, 1.807) is 7.11 Å². The van der Waals surface area contributed by atoms with Gasteiger partial charge in [-0.25, -0.2) is 0 Å². The maximum Gasteiger partial charge on any atom is 0.119 e. The van der Waals surface area contributed by atoms with Gasteiger partial charge in [0.05, 0.1) is 18.2 Å². The second-order valence-corrected chi connectivity index (χ2v) is 4.87. The van der Waals surface area contributed by atoms with Crippen molar-refractivity contribution >= 4 is 0 Å². The fourth-order valence-corrected chi connectivity index (χ4v) is 2.40. The summed E-state index contributed by atoms with van der Waals surface area (Å²) in [7, 11) is 1.74. The van der Waals surface area contributed by atoms with Gasteiger partial charge < -0.3 is 15.2 Å². The number of hydrogen-bond donors (Lipinski definition) is 1. The molecule has 1 unspecified atom stereocenters. The van der Waals surface area contributed by atoms with Crippen LogP contribution in [0.3, 0.4) is 0 Å². The summed E-state index contributed by atoms with van der Waals surface area (Å²) < 4.78 is 11.3. The Labute approximate surface area is 117 Å². The number of hydrogen-bond acceptors (Lipinski definition) is 3. The smallest absolute Gasteiger partial charge is 0.119 e. The Kier molecular flexibility index (Phi) is 6.32. The van der Waals surface area contributed by atoms with Crippen molar-refractivity contribution in [3.05, 3.63) is 29.8 Å². The molecule has 0 amide bonds. The second kappa shape index (κ2) is 7.51. The molecule has 3 heteroatoms. The lowest BCUT2D eigenvalue weighted by atomic mass is 9.84. The molecule has 0 spiro atoms. The fourth-order valence-electron chi connectivity index (χ4n) is 2.40. The number of ether oxygens (including phenoxy) is 2. The predicted molar refractivity (Wildman–Crippen MR) is 79.5 cm³/mol. The summed E-state index contributed by atoms with van der Waals surface area (Å²) >= 11 is 0. The van der Waals surface area contributed by atoms with Gasteiger partial charge in [-0.3, -0.25) is 0 Å². The largest absolute Gasteiger partial charge is 0.494 e. The van der Waals surface area contributed by atoms with Crippen molar-refractivity contribution in [2.75, 3.05) is 13.7 Å². The van der Waals surface area contributed by atoms with Crippen LogP contribution in [-0.4, -0.2) is 19.3 Å². The molecule has 1 aromatic rings. The van der Waals surface area contributed by atoms with E-state index in [0.29, 0.717) is 0 Å². The summed E-state index contributed by atoms with van der Waals surface area (Å²) in [6, 6.07) is 7.92. The SMILES string of the molecule is CCCOc1ccc(C(N)C(CC)(CC)OC)cc1. The Morgan fingerprint density at radius 2 is 1.68 bits per heavy atom. The van der Waals surface area contributed by atoms with Crippen molar-refractivity contribution in [1.82, 2.24) is 0 Å². The summed E-state index contributed by atoms with van der Waals surface area (Å²) in [5.74, 6) is 0.897. The van der Waals surface area contributed by atoms with Gasteiger partial charge in [-0.1, -0.05) is 32.9 Å². The van der Waals surface area contributed by atoms with Gasteiger partial charge in [0.1, 0.15) is 5.75 Å². The summed E-state index contributed by atoms with van der Waals surface area (Å²) in [4.78, 5) is 0. The van der Waals surface area contributed by atoms with E-state index in [4.69, 9.17) is 15.2 Å². The highest BCUT2D eigenvalue weighted by Crippen LogP contribution is 2.33. The molecule has 0 aromatic heterocycles. The first-order valence-corrected chi connectivity index (χ1v) is 7.17. The van der Waals surface area contributed by atoms with Crippen LogP contribution in [0, 0.1) is 0 Å². The Bertz CT molecular complexity index is 349. The number of methoxy groups -OCH3 is 1. The van der Waals surface area contributed by atoms with Gasteiger partial charge >= 0.3 is 0 Å². The van der Waals surface area contributed by atoms with Crippen LogP contribution in [0.1, 0.15) is 51.6 Å². The minimum atomic E-state index is -0.286. The van der Waals surface area contributed by atoms with E-state index in [1.807, 2.05) is 24.3 Å². The maximum atomic E-state index is 6.39. The predicted octanol–water partition coefficient (Wildman–Crippen LogP) is 3.68. The third-order valence-corrected chi connectivity index (χ3v) is 3.88. The molecule has 1 aromatic carbocycles. The fraction of sp³-hybridized carbons (Fsp3) is 0.625. The monoisotopic (exact) mass is 265 g/mol. The van der Waals surface area contributed by atoms with Crippen LogP contribution in [0.2, 0.25) is 0 Å². The van der Waals surface area contributed by atoms with Crippen molar-refractivity contribution < 1.29 is 9.47 Å². The molecule has 0 saturated carbocycles. The highest BCUT2D eigenvalue weighted by Gasteiger charge is 2.34. The normalized spacial score (nSPS) is 13.3. The molecular weight excluding hydrogens is 238 g/mol. The average molecular weight is 265 g/mol. The van der Waals surface area contributed by atoms with Gasteiger partial charge in [0.25, 0.3) is 0 Å². The zero-order valence-corrected chi connectivity index (χ0v) is 12.6. The second-order valence-electron chi connectivity index (χ2n) is 4.87. The summed E-state index contributed by atoms with van der Waals surface area (Å²) in [5, 5.41) is 0. The number of nitrogens with two attached hydrogens (primary N) is 1. The van der Waals surface area contributed by atoms with Crippen LogP contribution in [-0.2, 0) is 4.74 Å². The Balaban J connectivity index is 2.84. The molecule has 0 fully saturated rings. The quantitative estimate of drug-likeness (QED) is 0.779. The van der Waals surface area contributed by atoms with E-state index >= 15 is 0 Å². The van der Waals surface area contributed by atoms with Crippen LogP contribution >= 0.6 is 0 Å².